The van der Waals surface area contributed by atoms with Gasteiger partial charge in [-0.05, 0) is 70.6 Å². The number of carbonyl (C=O) groups is 2. The van der Waals surface area contributed by atoms with Crippen LogP contribution < -0.4 is 16.4 Å². The van der Waals surface area contributed by atoms with Crippen molar-refractivity contribution in [3.05, 3.63) is 36.5 Å². The number of hydrogen-bond donors (Lipinski definition) is 3. The first-order chi connectivity index (χ1) is 21.1. The Morgan fingerprint density at radius 1 is 0.535 bits per heavy atom. The lowest BCUT2D eigenvalue weighted by Gasteiger charge is -2.14. The highest BCUT2D eigenvalue weighted by molar-refractivity contribution is 5.86. The fraction of sp³-hybridized carbons (Fsp3) is 0.789. The molecule has 2 amide bonds. The summed E-state index contributed by atoms with van der Waals surface area (Å²) in [5.41, 5.74) is 5.89. The molecule has 250 valence electrons. The van der Waals surface area contributed by atoms with Crippen molar-refractivity contribution in [2.75, 3.05) is 6.54 Å². The highest BCUT2D eigenvalue weighted by Gasteiger charge is 2.15. The third kappa shape index (κ3) is 32.9. The SMILES string of the molecule is CCCCC/C=C\C/C=C\CCCCCCCCNC(=O)C(N)NC(=O)CCCCCCC/C=C\CCCCCCCC. The molecule has 0 aromatic carbocycles. The van der Waals surface area contributed by atoms with Gasteiger partial charge in [-0.3, -0.25) is 9.59 Å². The molecule has 0 aromatic heterocycles. The van der Waals surface area contributed by atoms with Crippen LogP contribution in [0.4, 0.5) is 0 Å². The van der Waals surface area contributed by atoms with Gasteiger partial charge < -0.3 is 16.4 Å². The van der Waals surface area contributed by atoms with Crippen LogP contribution >= 0.6 is 0 Å². The molecule has 0 fully saturated rings. The summed E-state index contributed by atoms with van der Waals surface area (Å²) in [6, 6.07) is 0. The largest absolute Gasteiger partial charge is 0.353 e. The zero-order valence-electron chi connectivity index (χ0n) is 28.5. The van der Waals surface area contributed by atoms with E-state index < -0.39 is 6.17 Å². The Balaban J connectivity index is 3.50. The molecular weight excluding hydrogens is 530 g/mol. The Kier molecular flexibility index (Phi) is 33.1. The van der Waals surface area contributed by atoms with E-state index in [-0.39, 0.29) is 11.8 Å². The van der Waals surface area contributed by atoms with E-state index >= 15 is 0 Å². The number of nitrogens with one attached hydrogen (secondary N) is 2. The zero-order chi connectivity index (χ0) is 31.5. The molecule has 0 bridgehead atoms. The second-order valence-electron chi connectivity index (χ2n) is 12.3. The molecule has 4 N–H and O–H groups in total. The van der Waals surface area contributed by atoms with Crippen molar-refractivity contribution in [3.63, 3.8) is 0 Å². The van der Waals surface area contributed by atoms with Gasteiger partial charge in [0.2, 0.25) is 5.91 Å². The number of allylic oxidation sites excluding steroid dienone is 6. The van der Waals surface area contributed by atoms with Crippen LogP contribution in [0.15, 0.2) is 36.5 Å². The minimum Gasteiger partial charge on any atom is -0.353 e. The molecule has 1 atom stereocenters. The first kappa shape index (κ1) is 41.1. The lowest BCUT2D eigenvalue weighted by Crippen LogP contribution is -2.52. The van der Waals surface area contributed by atoms with Crippen molar-refractivity contribution in [3.8, 4) is 0 Å². The topological polar surface area (TPSA) is 84.2 Å². The maximum atomic E-state index is 12.2. The van der Waals surface area contributed by atoms with Crippen molar-refractivity contribution in [1.29, 1.82) is 0 Å². The van der Waals surface area contributed by atoms with E-state index in [9.17, 15) is 9.59 Å². The predicted octanol–water partition coefficient (Wildman–Crippen LogP) is 10.4. The van der Waals surface area contributed by atoms with E-state index in [4.69, 9.17) is 5.73 Å². The summed E-state index contributed by atoms with van der Waals surface area (Å²) in [5, 5.41) is 5.51. The maximum absolute atomic E-state index is 12.2. The lowest BCUT2D eigenvalue weighted by molar-refractivity contribution is -0.128. The molecule has 0 aliphatic rings. The van der Waals surface area contributed by atoms with Gasteiger partial charge in [0.05, 0.1) is 0 Å². The van der Waals surface area contributed by atoms with Crippen LogP contribution in [0, 0.1) is 0 Å². The molecule has 43 heavy (non-hydrogen) atoms. The maximum Gasteiger partial charge on any atom is 0.257 e. The number of carbonyl (C=O) groups excluding carboxylic acids is 2. The molecule has 0 rings (SSSR count). The average Bonchev–Trinajstić information content (AvgIpc) is 3.00. The standard InChI is InChI=1S/C38H71N3O2/c1-3-5-7-9-11-13-15-17-19-21-23-25-27-29-31-33-35-40-38(43)37(39)41-36(42)34-32-30-28-26-24-22-20-18-16-14-12-10-8-6-4-2/h11,13,17-20,37H,3-10,12,14-16,21-35,39H2,1-2H3,(H,40,43)(H,41,42)/b13-11-,19-17-,20-18-. The number of amides is 2. The first-order valence-electron chi connectivity index (χ1n) is 18.4. The molecule has 0 aromatic rings. The highest BCUT2D eigenvalue weighted by Crippen LogP contribution is 2.10. The van der Waals surface area contributed by atoms with Crippen molar-refractivity contribution in [1.82, 2.24) is 10.6 Å². The molecular formula is C38H71N3O2. The summed E-state index contributed by atoms with van der Waals surface area (Å²) in [5.74, 6) is -0.422. The smallest absolute Gasteiger partial charge is 0.257 e. The quantitative estimate of drug-likeness (QED) is 0.0407. The van der Waals surface area contributed by atoms with Gasteiger partial charge >= 0.3 is 0 Å². The molecule has 0 saturated heterocycles. The van der Waals surface area contributed by atoms with Crippen LogP contribution in [0.2, 0.25) is 0 Å². The lowest BCUT2D eigenvalue weighted by atomic mass is 10.1. The zero-order valence-corrected chi connectivity index (χ0v) is 28.5. The first-order valence-corrected chi connectivity index (χ1v) is 18.4. The van der Waals surface area contributed by atoms with Crippen molar-refractivity contribution in [2.24, 2.45) is 5.73 Å². The van der Waals surface area contributed by atoms with E-state index in [0.717, 1.165) is 44.9 Å². The van der Waals surface area contributed by atoms with Crippen molar-refractivity contribution < 1.29 is 9.59 Å². The number of hydrogen-bond acceptors (Lipinski definition) is 3. The van der Waals surface area contributed by atoms with Crippen LogP contribution in [0.3, 0.4) is 0 Å². The van der Waals surface area contributed by atoms with Crippen molar-refractivity contribution in [2.45, 2.75) is 187 Å². The van der Waals surface area contributed by atoms with Gasteiger partial charge in [-0.2, -0.15) is 0 Å². The summed E-state index contributed by atoms with van der Waals surface area (Å²) in [6.07, 6.45) is 43.8. The van der Waals surface area contributed by atoms with E-state index in [1.807, 2.05) is 0 Å². The van der Waals surface area contributed by atoms with Crippen molar-refractivity contribution >= 4 is 11.8 Å². The second kappa shape index (κ2) is 34.6. The number of rotatable bonds is 32. The molecule has 0 radical (unpaired) electrons. The van der Waals surface area contributed by atoms with Gasteiger partial charge in [-0.25, -0.2) is 0 Å². The van der Waals surface area contributed by atoms with Gasteiger partial charge in [-0.15, -0.1) is 0 Å². The Morgan fingerprint density at radius 3 is 1.47 bits per heavy atom. The summed E-state index contributed by atoms with van der Waals surface area (Å²) >= 11 is 0. The van der Waals surface area contributed by atoms with Crippen LogP contribution in [0.5, 0.6) is 0 Å². The summed E-state index contributed by atoms with van der Waals surface area (Å²) in [6.45, 7) is 5.12. The Labute approximate surface area is 267 Å². The normalized spacial score (nSPS) is 12.5. The van der Waals surface area contributed by atoms with E-state index in [1.165, 1.54) is 116 Å². The molecule has 0 heterocycles. The van der Waals surface area contributed by atoms with Crippen LogP contribution in [0.25, 0.3) is 0 Å². The van der Waals surface area contributed by atoms with Crippen LogP contribution in [0.1, 0.15) is 181 Å². The molecule has 0 spiro atoms. The van der Waals surface area contributed by atoms with Gasteiger partial charge in [0.1, 0.15) is 0 Å². The van der Waals surface area contributed by atoms with E-state index in [2.05, 4.69) is 60.9 Å². The minimum absolute atomic E-state index is 0.131. The van der Waals surface area contributed by atoms with Gasteiger partial charge in [0, 0.05) is 13.0 Å². The second-order valence-corrected chi connectivity index (χ2v) is 12.3. The monoisotopic (exact) mass is 602 g/mol. The number of unbranched alkanes of at least 4 members (excludes halogenated alkanes) is 20. The summed E-state index contributed by atoms with van der Waals surface area (Å²) < 4.78 is 0. The molecule has 0 saturated carbocycles. The molecule has 5 heteroatoms. The fourth-order valence-electron chi connectivity index (χ4n) is 5.10. The third-order valence-corrected chi connectivity index (χ3v) is 7.94. The predicted molar refractivity (Wildman–Crippen MR) is 188 cm³/mol. The molecule has 0 aliphatic carbocycles. The van der Waals surface area contributed by atoms with E-state index in [0.29, 0.717) is 13.0 Å². The van der Waals surface area contributed by atoms with Crippen LogP contribution in [-0.2, 0) is 9.59 Å². The molecule has 0 aliphatic heterocycles. The minimum atomic E-state index is -0.958. The highest BCUT2D eigenvalue weighted by atomic mass is 16.2. The summed E-state index contributed by atoms with van der Waals surface area (Å²) in [4.78, 5) is 24.3. The Bertz CT molecular complexity index is 701. The average molecular weight is 602 g/mol. The Hall–Kier alpha value is -1.88. The van der Waals surface area contributed by atoms with Crippen LogP contribution in [-0.4, -0.2) is 24.5 Å². The molecule has 1 unspecified atom stereocenters. The molecule has 5 nitrogen and oxygen atoms in total. The number of nitrogens with two attached hydrogens (primary N) is 1. The Morgan fingerprint density at radius 2 is 0.930 bits per heavy atom. The third-order valence-electron chi connectivity index (χ3n) is 7.94. The van der Waals surface area contributed by atoms with Gasteiger partial charge in [0.15, 0.2) is 6.17 Å². The van der Waals surface area contributed by atoms with E-state index in [1.54, 1.807) is 0 Å². The van der Waals surface area contributed by atoms with Gasteiger partial charge in [0.25, 0.3) is 5.91 Å². The fourth-order valence-corrected chi connectivity index (χ4v) is 5.10. The van der Waals surface area contributed by atoms with Gasteiger partial charge in [-0.1, -0.05) is 140 Å². The summed E-state index contributed by atoms with van der Waals surface area (Å²) in [7, 11) is 0.